The summed E-state index contributed by atoms with van der Waals surface area (Å²) < 4.78 is 4.95. The number of anilines is 1. The Balaban J connectivity index is 1.89. The topological polar surface area (TPSA) is 92.7 Å². The number of methoxy groups -OCH3 is 1. The highest BCUT2D eigenvalue weighted by atomic mass is 32.1. The third kappa shape index (κ3) is 3.93. The summed E-state index contributed by atoms with van der Waals surface area (Å²) in [6, 6.07) is 0. The number of hydrogen-bond donors (Lipinski definition) is 2. The van der Waals surface area contributed by atoms with Gasteiger partial charge in [-0.05, 0) is 43.6 Å². The Morgan fingerprint density at radius 2 is 1.96 bits per heavy atom. The van der Waals surface area contributed by atoms with E-state index in [0.29, 0.717) is 29.3 Å². The summed E-state index contributed by atoms with van der Waals surface area (Å²) in [6.07, 6.45) is 8.19. The van der Waals surface area contributed by atoms with Crippen molar-refractivity contribution in [2.24, 2.45) is 17.8 Å². The largest absolute Gasteiger partial charge is 0.481 e. The zero-order valence-electron chi connectivity index (χ0n) is 15.6. The molecule has 0 spiro atoms. The normalized spacial score (nSPS) is 24.1. The third-order valence-corrected chi connectivity index (χ3v) is 6.83. The van der Waals surface area contributed by atoms with Crippen LogP contribution in [-0.2, 0) is 27.2 Å². The van der Waals surface area contributed by atoms with Crippen LogP contribution < -0.4 is 5.32 Å². The van der Waals surface area contributed by atoms with Crippen molar-refractivity contribution < 1.29 is 24.2 Å². The molecule has 0 radical (unpaired) electrons. The van der Waals surface area contributed by atoms with Crippen LogP contribution in [0.5, 0.6) is 0 Å². The molecular weight excluding hydrogens is 366 g/mol. The Labute approximate surface area is 162 Å². The Morgan fingerprint density at radius 3 is 2.59 bits per heavy atom. The number of carbonyl (C=O) groups is 3. The molecule has 3 rings (SSSR count). The van der Waals surface area contributed by atoms with Crippen LogP contribution in [-0.4, -0.2) is 30.1 Å². The number of carboxylic acids is 1. The lowest BCUT2D eigenvalue weighted by Gasteiger charge is -2.24. The molecular formula is C20H25NO5S. The summed E-state index contributed by atoms with van der Waals surface area (Å²) in [4.78, 5) is 37.8. The number of rotatable bonds is 5. The number of carbonyl (C=O) groups excluding carboxylic acids is 2. The van der Waals surface area contributed by atoms with Crippen molar-refractivity contribution in [2.45, 2.75) is 45.4 Å². The van der Waals surface area contributed by atoms with E-state index in [9.17, 15) is 19.5 Å². The van der Waals surface area contributed by atoms with Gasteiger partial charge in [0.25, 0.3) is 0 Å². The molecule has 146 valence electrons. The van der Waals surface area contributed by atoms with Crippen molar-refractivity contribution in [3.63, 3.8) is 0 Å². The molecule has 0 saturated carbocycles. The molecule has 1 aromatic heterocycles. The molecule has 3 atom stereocenters. The number of amides is 1. The zero-order chi connectivity index (χ0) is 19.6. The molecule has 0 bridgehead atoms. The first-order valence-electron chi connectivity index (χ1n) is 9.37. The first-order chi connectivity index (χ1) is 13.0. The monoisotopic (exact) mass is 391 g/mol. The fraction of sp³-hybridized carbons (Fsp3) is 0.550. The van der Waals surface area contributed by atoms with Crippen molar-refractivity contribution in [1.29, 1.82) is 0 Å². The number of carboxylic acid groups (broad SMARTS) is 1. The quantitative estimate of drug-likeness (QED) is 0.590. The second-order valence-corrected chi connectivity index (χ2v) is 8.31. The molecule has 2 aliphatic rings. The van der Waals surface area contributed by atoms with Crippen LogP contribution in [0.1, 0.15) is 53.4 Å². The number of nitrogens with one attached hydrogen (secondary N) is 1. The average Bonchev–Trinajstić information content (AvgIpc) is 3.03. The lowest BCUT2D eigenvalue weighted by Crippen LogP contribution is -2.34. The maximum atomic E-state index is 12.8. The fourth-order valence-corrected chi connectivity index (χ4v) is 5.34. The second-order valence-electron chi connectivity index (χ2n) is 7.20. The van der Waals surface area contributed by atoms with E-state index < -0.39 is 23.8 Å². The van der Waals surface area contributed by atoms with Gasteiger partial charge in [-0.25, -0.2) is 4.79 Å². The summed E-state index contributed by atoms with van der Waals surface area (Å²) in [5.41, 5.74) is 1.42. The van der Waals surface area contributed by atoms with Crippen molar-refractivity contribution >= 4 is 34.2 Å². The van der Waals surface area contributed by atoms with E-state index >= 15 is 0 Å². The number of aliphatic carboxylic acids is 1. The highest BCUT2D eigenvalue weighted by Crippen LogP contribution is 2.41. The van der Waals surface area contributed by atoms with Crippen molar-refractivity contribution in [3.05, 3.63) is 28.2 Å². The second kappa shape index (κ2) is 8.25. The number of hydrogen-bond acceptors (Lipinski definition) is 5. The van der Waals surface area contributed by atoms with Gasteiger partial charge in [0.15, 0.2) is 0 Å². The summed E-state index contributed by atoms with van der Waals surface area (Å²) in [5.74, 6) is -2.55. The van der Waals surface area contributed by atoms with Crippen LogP contribution in [0.25, 0.3) is 0 Å². The van der Waals surface area contributed by atoms with Crippen LogP contribution in [0, 0.1) is 17.8 Å². The average molecular weight is 391 g/mol. The third-order valence-electron chi connectivity index (χ3n) is 5.66. The molecule has 0 aliphatic heterocycles. The smallest absolute Gasteiger partial charge is 0.341 e. The van der Waals surface area contributed by atoms with Gasteiger partial charge in [0.2, 0.25) is 5.91 Å². The highest BCUT2D eigenvalue weighted by Gasteiger charge is 2.36. The van der Waals surface area contributed by atoms with Gasteiger partial charge < -0.3 is 15.2 Å². The van der Waals surface area contributed by atoms with Crippen molar-refractivity contribution in [1.82, 2.24) is 0 Å². The number of fused-ring (bicyclic) bond motifs is 1. The van der Waals surface area contributed by atoms with E-state index in [1.54, 1.807) is 6.08 Å². The van der Waals surface area contributed by atoms with Gasteiger partial charge in [-0.1, -0.05) is 25.5 Å². The minimum atomic E-state index is -0.969. The van der Waals surface area contributed by atoms with Gasteiger partial charge in [-0.2, -0.15) is 0 Å². The summed E-state index contributed by atoms with van der Waals surface area (Å²) in [7, 11) is 1.34. The highest BCUT2D eigenvalue weighted by molar-refractivity contribution is 7.17. The van der Waals surface area contributed by atoms with E-state index in [2.05, 4.69) is 12.2 Å². The van der Waals surface area contributed by atoms with E-state index in [4.69, 9.17) is 4.74 Å². The molecule has 6 nitrogen and oxygen atoms in total. The molecule has 3 unspecified atom stereocenters. The van der Waals surface area contributed by atoms with Gasteiger partial charge in [0.1, 0.15) is 5.00 Å². The molecule has 0 fully saturated rings. The lowest BCUT2D eigenvalue weighted by molar-refractivity contribution is -0.146. The number of esters is 1. The Hall–Kier alpha value is -2.15. The predicted molar refractivity (Wildman–Crippen MR) is 103 cm³/mol. The predicted octanol–water partition coefficient (Wildman–Crippen LogP) is 3.66. The van der Waals surface area contributed by atoms with Gasteiger partial charge in [-0.15, -0.1) is 11.3 Å². The summed E-state index contributed by atoms with van der Waals surface area (Å²) >= 11 is 1.43. The number of ether oxygens (including phenoxy) is 1. The van der Waals surface area contributed by atoms with E-state index in [-0.39, 0.29) is 5.91 Å². The molecule has 1 amide bonds. The minimum absolute atomic E-state index is 0.344. The van der Waals surface area contributed by atoms with Crippen LogP contribution >= 0.6 is 11.3 Å². The minimum Gasteiger partial charge on any atom is -0.481 e. The molecule has 0 saturated heterocycles. The van der Waals surface area contributed by atoms with Gasteiger partial charge in [-0.3, -0.25) is 9.59 Å². The summed E-state index contributed by atoms with van der Waals surface area (Å²) in [6.45, 7) is 2.16. The first kappa shape index (κ1) is 19.6. The van der Waals surface area contributed by atoms with Crippen LogP contribution in [0.3, 0.4) is 0 Å². The molecule has 7 heteroatoms. The molecule has 2 N–H and O–H groups in total. The maximum absolute atomic E-state index is 12.8. The van der Waals surface area contributed by atoms with Gasteiger partial charge in [0, 0.05) is 4.88 Å². The molecule has 27 heavy (non-hydrogen) atoms. The van der Waals surface area contributed by atoms with Gasteiger partial charge in [0.05, 0.1) is 24.5 Å². The van der Waals surface area contributed by atoms with Crippen LogP contribution in [0.15, 0.2) is 12.2 Å². The fourth-order valence-electron chi connectivity index (χ4n) is 3.99. The van der Waals surface area contributed by atoms with Crippen LogP contribution in [0.2, 0.25) is 0 Å². The Bertz CT molecular complexity index is 782. The Kier molecular flexibility index (Phi) is 5.99. The standard InChI is InChI=1S/C20H25NO5S/c1-3-11-8-9-14-15(10-11)27-18(16(14)20(25)26-2)21-17(22)12-6-4-5-7-13(12)19(23)24/h4-5,11-13H,3,6-10H2,1-2H3,(H,21,22)(H,23,24). The maximum Gasteiger partial charge on any atom is 0.341 e. The number of allylic oxidation sites excluding steroid dienone is 2. The van der Waals surface area contributed by atoms with E-state index in [0.717, 1.165) is 36.1 Å². The molecule has 2 aliphatic carbocycles. The van der Waals surface area contributed by atoms with E-state index in [1.165, 1.54) is 18.4 Å². The van der Waals surface area contributed by atoms with Crippen molar-refractivity contribution in [3.8, 4) is 0 Å². The zero-order valence-corrected chi connectivity index (χ0v) is 16.4. The van der Waals surface area contributed by atoms with Crippen molar-refractivity contribution in [2.75, 3.05) is 12.4 Å². The number of thiophene rings is 1. The molecule has 1 aromatic rings. The first-order valence-corrected chi connectivity index (χ1v) is 10.2. The van der Waals surface area contributed by atoms with Gasteiger partial charge >= 0.3 is 11.9 Å². The van der Waals surface area contributed by atoms with E-state index in [1.807, 2.05) is 6.08 Å². The Morgan fingerprint density at radius 1 is 1.26 bits per heavy atom. The molecule has 0 aromatic carbocycles. The lowest BCUT2D eigenvalue weighted by atomic mass is 9.82. The molecule has 1 heterocycles. The van der Waals surface area contributed by atoms with Crippen LogP contribution in [0.4, 0.5) is 5.00 Å². The summed E-state index contributed by atoms with van der Waals surface area (Å²) in [5, 5.41) is 12.8. The SMILES string of the molecule is CCC1CCc2c(sc(NC(=O)C3CC=CCC3C(=O)O)c2C(=O)OC)C1.